The van der Waals surface area contributed by atoms with Gasteiger partial charge in [-0.2, -0.15) is 0 Å². The quantitative estimate of drug-likeness (QED) is 0.373. The Morgan fingerprint density at radius 1 is 1.62 bits per heavy atom. The van der Waals surface area contributed by atoms with Crippen molar-refractivity contribution in [2.45, 2.75) is 26.3 Å². The Balaban J connectivity index is 2.20. The summed E-state index contributed by atoms with van der Waals surface area (Å²) in [4.78, 5) is 19.7. The Morgan fingerprint density at radius 2 is 2.29 bits per heavy atom. The number of nitrogens with two attached hydrogens (primary N) is 1. The van der Waals surface area contributed by atoms with Crippen LogP contribution in [0, 0.1) is 12.3 Å². The summed E-state index contributed by atoms with van der Waals surface area (Å²) in [6.45, 7) is 3.24. The summed E-state index contributed by atoms with van der Waals surface area (Å²) in [6.07, 6.45) is 0.849. The summed E-state index contributed by atoms with van der Waals surface area (Å²) in [5.41, 5.74) is 7.52. The van der Waals surface area contributed by atoms with Gasteiger partial charge in [0.05, 0.1) is 17.7 Å². The van der Waals surface area contributed by atoms with Crippen molar-refractivity contribution in [1.82, 2.24) is 9.88 Å². The molecule has 0 saturated carbocycles. The van der Waals surface area contributed by atoms with Gasteiger partial charge in [0.25, 0.3) is 0 Å². The summed E-state index contributed by atoms with van der Waals surface area (Å²) < 4.78 is 5.30. The molecule has 0 unspecified atom stereocenters. The van der Waals surface area contributed by atoms with Crippen molar-refractivity contribution in [3.05, 3.63) is 16.1 Å². The van der Waals surface area contributed by atoms with Crippen LogP contribution < -0.4 is 5.73 Å². The zero-order valence-corrected chi connectivity index (χ0v) is 13.0. The highest BCUT2D eigenvalue weighted by Gasteiger charge is 2.46. The van der Waals surface area contributed by atoms with Crippen molar-refractivity contribution in [1.29, 1.82) is 0 Å². The molecule has 1 fully saturated rings. The Morgan fingerprint density at radius 3 is 2.81 bits per heavy atom. The van der Waals surface area contributed by atoms with E-state index in [0.29, 0.717) is 32.6 Å². The number of hydrogen-bond donors (Lipinski definition) is 2. The number of aryl methyl sites for hydroxylation is 1. The van der Waals surface area contributed by atoms with E-state index in [4.69, 9.17) is 15.7 Å². The average molecular weight is 312 g/mol. The number of amides is 1. The van der Waals surface area contributed by atoms with Gasteiger partial charge in [0.2, 0.25) is 5.91 Å². The van der Waals surface area contributed by atoms with Gasteiger partial charge in [0.1, 0.15) is 5.41 Å². The zero-order valence-electron chi connectivity index (χ0n) is 12.2. The number of hydrogen-bond acceptors (Lipinski definition) is 6. The minimum atomic E-state index is -0.972. The van der Waals surface area contributed by atoms with E-state index in [2.05, 4.69) is 10.1 Å². The van der Waals surface area contributed by atoms with Gasteiger partial charge in [0, 0.05) is 25.1 Å². The smallest absolute Gasteiger partial charge is 0.236 e. The molecule has 8 heteroatoms. The fraction of sp³-hybridized carbons (Fsp3) is 0.615. The number of nitrogens with zero attached hydrogens (tertiary/aromatic N) is 3. The first-order chi connectivity index (χ1) is 10.0. The van der Waals surface area contributed by atoms with E-state index in [1.54, 1.807) is 17.5 Å². The van der Waals surface area contributed by atoms with E-state index in [1.165, 1.54) is 11.3 Å². The second-order valence-corrected chi connectivity index (χ2v) is 6.14. The summed E-state index contributed by atoms with van der Waals surface area (Å²) in [7, 11) is 1.73. The number of oxime groups is 1. The number of ether oxygens (including phenoxy) is 1. The molecule has 2 heterocycles. The van der Waals surface area contributed by atoms with Crippen LogP contribution in [0.4, 0.5) is 0 Å². The molecule has 21 heavy (non-hydrogen) atoms. The van der Waals surface area contributed by atoms with Crippen molar-refractivity contribution in [2.24, 2.45) is 16.3 Å². The number of carbonyl (C=O) groups is 1. The van der Waals surface area contributed by atoms with Crippen LogP contribution in [0.5, 0.6) is 0 Å². The number of thiazole rings is 1. The maximum Gasteiger partial charge on any atom is 0.236 e. The highest BCUT2D eigenvalue weighted by molar-refractivity contribution is 7.09. The molecule has 1 saturated heterocycles. The third-order valence-electron chi connectivity index (χ3n) is 3.93. The highest BCUT2D eigenvalue weighted by Crippen LogP contribution is 2.33. The molecule has 0 bridgehead atoms. The predicted octanol–water partition coefficient (Wildman–Crippen LogP) is 0.953. The molecule has 1 aromatic rings. The first kappa shape index (κ1) is 15.7. The van der Waals surface area contributed by atoms with Gasteiger partial charge in [-0.05, 0) is 19.8 Å². The lowest BCUT2D eigenvalue weighted by Crippen LogP contribution is -2.52. The molecular formula is C13H20N4O3S. The monoisotopic (exact) mass is 312 g/mol. The molecule has 0 atom stereocenters. The second-order valence-electron chi connectivity index (χ2n) is 5.20. The lowest BCUT2D eigenvalue weighted by atomic mass is 9.77. The van der Waals surface area contributed by atoms with Crippen molar-refractivity contribution in [2.75, 3.05) is 20.3 Å². The third kappa shape index (κ3) is 3.01. The standard InChI is InChI=1S/C13H20N4O3S/c1-9-10(21-8-15-9)7-17(2)12(18)13(11(14)16-19)3-5-20-6-4-13/h8,19H,3-7H2,1-2H3,(H2,14,16). The van der Waals surface area contributed by atoms with Crippen molar-refractivity contribution < 1.29 is 14.7 Å². The van der Waals surface area contributed by atoms with Crippen LogP contribution in [0.2, 0.25) is 0 Å². The molecule has 3 N–H and O–H groups in total. The van der Waals surface area contributed by atoms with Gasteiger partial charge >= 0.3 is 0 Å². The third-order valence-corrected chi connectivity index (χ3v) is 4.85. The highest BCUT2D eigenvalue weighted by atomic mass is 32.1. The molecule has 0 spiro atoms. The van der Waals surface area contributed by atoms with Gasteiger partial charge in [-0.1, -0.05) is 5.16 Å². The van der Waals surface area contributed by atoms with E-state index in [-0.39, 0.29) is 11.7 Å². The van der Waals surface area contributed by atoms with E-state index < -0.39 is 5.41 Å². The average Bonchev–Trinajstić information content (AvgIpc) is 2.91. The first-order valence-corrected chi connectivity index (χ1v) is 7.59. The number of aromatic nitrogens is 1. The number of amidine groups is 1. The first-order valence-electron chi connectivity index (χ1n) is 6.71. The zero-order chi connectivity index (χ0) is 15.5. The van der Waals surface area contributed by atoms with Crippen LogP contribution in [0.15, 0.2) is 10.7 Å². The summed E-state index contributed by atoms with van der Waals surface area (Å²) in [5.74, 6) is -0.183. The van der Waals surface area contributed by atoms with Crippen LogP contribution in [0.3, 0.4) is 0 Å². The molecule has 1 amide bonds. The normalized spacial score (nSPS) is 18.5. The Hall–Kier alpha value is -1.67. The number of rotatable bonds is 4. The van der Waals surface area contributed by atoms with Gasteiger partial charge in [-0.25, -0.2) is 4.98 Å². The largest absolute Gasteiger partial charge is 0.409 e. The van der Waals surface area contributed by atoms with Crippen LogP contribution in [0.1, 0.15) is 23.4 Å². The summed E-state index contributed by atoms with van der Waals surface area (Å²) in [5, 5.41) is 12.1. The van der Waals surface area contributed by atoms with Gasteiger partial charge in [-0.15, -0.1) is 11.3 Å². The van der Waals surface area contributed by atoms with Crippen LogP contribution in [-0.2, 0) is 16.1 Å². The van der Waals surface area contributed by atoms with E-state index in [0.717, 1.165) is 10.6 Å². The van der Waals surface area contributed by atoms with Crippen molar-refractivity contribution in [3.63, 3.8) is 0 Å². The lowest BCUT2D eigenvalue weighted by Gasteiger charge is -2.37. The minimum absolute atomic E-state index is 0.0383. The molecule has 1 aromatic heterocycles. The molecule has 2 rings (SSSR count). The topological polar surface area (TPSA) is 101 Å². The molecule has 0 aromatic carbocycles. The van der Waals surface area contributed by atoms with Gasteiger partial charge < -0.3 is 20.6 Å². The Kier molecular flexibility index (Phi) is 4.79. The fourth-order valence-corrected chi connectivity index (χ4v) is 3.36. The lowest BCUT2D eigenvalue weighted by molar-refractivity contribution is -0.141. The van der Waals surface area contributed by atoms with Gasteiger partial charge in [-0.3, -0.25) is 4.79 Å². The second kappa shape index (κ2) is 6.40. The number of carbonyl (C=O) groups excluding carboxylic acids is 1. The molecule has 1 aliphatic heterocycles. The molecule has 0 aliphatic carbocycles. The fourth-order valence-electron chi connectivity index (χ4n) is 2.53. The molecule has 7 nitrogen and oxygen atoms in total. The van der Waals surface area contributed by atoms with Crippen LogP contribution in [0.25, 0.3) is 0 Å². The maximum absolute atomic E-state index is 12.8. The predicted molar refractivity (Wildman–Crippen MR) is 79.2 cm³/mol. The molecule has 116 valence electrons. The van der Waals surface area contributed by atoms with E-state index in [1.807, 2.05) is 6.92 Å². The Labute approximate surface area is 127 Å². The SMILES string of the molecule is Cc1ncsc1CN(C)C(=O)C1(C(N)=NO)CCOCC1. The summed E-state index contributed by atoms with van der Waals surface area (Å²) in [6, 6.07) is 0. The van der Waals surface area contributed by atoms with Gasteiger partial charge in [0.15, 0.2) is 5.84 Å². The van der Waals surface area contributed by atoms with Crippen molar-refractivity contribution in [3.8, 4) is 0 Å². The van der Waals surface area contributed by atoms with Crippen LogP contribution in [-0.4, -0.2) is 47.1 Å². The van der Waals surface area contributed by atoms with E-state index in [9.17, 15) is 4.79 Å². The maximum atomic E-state index is 12.8. The van der Waals surface area contributed by atoms with Crippen molar-refractivity contribution >= 4 is 23.1 Å². The van der Waals surface area contributed by atoms with E-state index >= 15 is 0 Å². The molecule has 1 aliphatic rings. The molecule has 0 radical (unpaired) electrons. The molecular weight excluding hydrogens is 292 g/mol. The summed E-state index contributed by atoms with van der Waals surface area (Å²) >= 11 is 1.51. The van der Waals surface area contributed by atoms with Crippen LogP contribution >= 0.6 is 11.3 Å². The Bertz CT molecular complexity index is 537. The minimum Gasteiger partial charge on any atom is -0.409 e.